The molecule has 0 amide bonds. The van der Waals surface area contributed by atoms with E-state index < -0.39 is 0 Å². The van der Waals surface area contributed by atoms with Crippen molar-refractivity contribution < 1.29 is 9.47 Å². The maximum Gasteiger partial charge on any atom is 0.169 e. The first-order valence-electron chi connectivity index (χ1n) is 5.53. The molecule has 0 aliphatic carbocycles. The van der Waals surface area contributed by atoms with Crippen LogP contribution in [0.4, 0.5) is 0 Å². The van der Waals surface area contributed by atoms with Crippen molar-refractivity contribution in [2.24, 2.45) is 0 Å². The van der Waals surface area contributed by atoms with Crippen LogP contribution in [0.5, 0.6) is 0 Å². The van der Waals surface area contributed by atoms with Gasteiger partial charge in [0.25, 0.3) is 0 Å². The van der Waals surface area contributed by atoms with Crippen molar-refractivity contribution >= 4 is 0 Å². The quantitative estimate of drug-likeness (QED) is 0.460. The van der Waals surface area contributed by atoms with E-state index in [0.29, 0.717) is 6.04 Å². The summed E-state index contributed by atoms with van der Waals surface area (Å²) in [6.07, 6.45) is 5.02. The first-order valence-corrected chi connectivity index (χ1v) is 5.53. The van der Waals surface area contributed by atoms with E-state index in [0.717, 1.165) is 6.54 Å². The lowest BCUT2D eigenvalue weighted by Crippen LogP contribution is -2.35. The summed E-state index contributed by atoms with van der Waals surface area (Å²) < 4.78 is 10.2. The van der Waals surface area contributed by atoms with Crippen LogP contribution in [0.2, 0.25) is 0 Å². The van der Waals surface area contributed by atoms with Crippen LogP contribution in [-0.4, -0.2) is 33.1 Å². The summed E-state index contributed by atoms with van der Waals surface area (Å²) in [5.74, 6) is 0. The van der Waals surface area contributed by atoms with Gasteiger partial charge in [0.15, 0.2) is 6.29 Å². The molecule has 0 spiro atoms. The molecule has 0 saturated heterocycles. The number of hydrogen-bond donors (Lipinski definition) is 1. The van der Waals surface area contributed by atoms with E-state index in [2.05, 4.69) is 19.2 Å². The molecule has 1 N–H and O–H groups in total. The van der Waals surface area contributed by atoms with Gasteiger partial charge >= 0.3 is 0 Å². The van der Waals surface area contributed by atoms with Crippen LogP contribution in [0.3, 0.4) is 0 Å². The highest BCUT2D eigenvalue weighted by Crippen LogP contribution is 2.02. The monoisotopic (exact) mass is 203 g/mol. The van der Waals surface area contributed by atoms with Crippen LogP contribution in [0, 0.1) is 0 Å². The normalized spacial score (nSPS) is 13.5. The maximum atomic E-state index is 5.09. The molecule has 0 bridgehead atoms. The minimum atomic E-state index is -0.122. The molecular weight excluding hydrogens is 178 g/mol. The minimum absolute atomic E-state index is 0.122. The Bertz CT molecular complexity index is 116. The molecule has 0 heterocycles. The zero-order valence-electron chi connectivity index (χ0n) is 10.0. The number of nitrogens with one attached hydrogen (secondary N) is 1. The second-order valence-electron chi connectivity index (χ2n) is 3.71. The highest BCUT2D eigenvalue weighted by Gasteiger charge is 2.06. The van der Waals surface area contributed by atoms with Crippen molar-refractivity contribution in [2.75, 3.05) is 20.8 Å². The molecule has 0 fully saturated rings. The molecule has 0 saturated carbocycles. The van der Waals surface area contributed by atoms with Gasteiger partial charge in [0.2, 0.25) is 0 Å². The Morgan fingerprint density at radius 3 is 2.29 bits per heavy atom. The van der Waals surface area contributed by atoms with E-state index >= 15 is 0 Å². The van der Waals surface area contributed by atoms with E-state index in [-0.39, 0.29) is 6.29 Å². The topological polar surface area (TPSA) is 30.5 Å². The lowest BCUT2D eigenvalue weighted by Gasteiger charge is -2.18. The van der Waals surface area contributed by atoms with Crippen molar-refractivity contribution in [1.82, 2.24) is 5.32 Å². The third-order valence-corrected chi connectivity index (χ3v) is 2.40. The molecule has 86 valence electrons. The van der Waals surface area contributed by atoms with Gasteiger partial charge in [-0.1, -0.05) is 26.2 Å². The maximum absolute atomic E-state index is 5.09. The minimum Gasteiger partial charge on any atom is -0.355 e. The van der Waals surface area contributed by atoms with Crippen LogP contribution in [0.25, 0.3) is 0 Å². The summed E-state index contributed by atoms with van der Waals surface area (Å²) in [7, 11) is 3.33. The zero-order chi connectivity index (χ0) is 10.8. The summed E-state index contributed by atoms with van der Waals surface area (Å²) >= 11 is 0. The SMILES string of the molecule is CCCCCC(C)NCC(OC)OC. The van der Waals surface area contributed by atoms with Gasteiger partial charge < -0.3 is 14.8 Å². The third-order valence-electron chi connectivity index (χ3n) is 2.40. The number of rotatable bonds is 9. The van der Waals surface area contributed by atoms with Crippen molar-refractivity contribution in [2.45, 2.75) is 51.9 Å². The standard InChI is InChI=1S/C11H25NO2/c1-5-6-7-8-10(2)12-9-11(13-3)14-4/h10-12H,5-9H2,1-4H3. The van der Waals surface area contributed by atoms with E-state index in [4.69, 9.17) is 9.47 Å². The Kier molecular flexibility index (Phi) is 9.35. The fourth-order valence-electron chi connectivity index (χ4n) is 1.36. The third kappa shape index (κ3) is 7.30. The first-order chi connectivity index (χ1) is 6.74. The molecule has 0 rings (SSSR count). The largest absolute Gasteiger partial charge is 0.355 e. The van der Waals surface area contributed by atoms with Crippen LogP contribution in [0.15, 0.2) is 0 Å². The molecule has 0 aliphatic heterocycles. The summed E-state index contributed by atoms with van der Waals surface area (Å²) in [6, 6.07) is 0.550. The molecule has 0 aromatic rings. The van der Waals surface area contributed by atoms with Crippen LogP contribution in [0.1, 0.15) is 39.5 Å². The lowest BCUT2D eigenvalue weighted by molar-refractivity contribution is -0.0997. The fourth-order valence-corrected chi connectivity index (χ4v) is 1.36. The highest BCUT2D eigenvalue weighted by molar-refractivity contribution is 4.61. The Labute approximate surface area is 88.2 Å². The van der Waals surface area contributed by atoms with Crippen molar-refractivity contribution in [3.05, 3.63) is 0 Å². The Balaban J connectivity index is 3.37. The number of unbranched alkanes of at least 4 members (excludes halogenated alkanes) is 2. The summed E-state index contributed by atoms with van der Waals surface area (Å²) in [4.78, 5) is 0. The van der Waals surface area contributed by atoms with Gasteiger partial charge in [0, 0.05) is 26.8 Å². The van der Waals surface area contributed by atoms with Gasteiger partial charge in [-0.25, -0.2) is 0 Å². The van der Waals surface area contributed by atoms with E-state index in [1.807, 2.05) is 0 Å². The van der Waals surface area contributed by atoms with Gasteiger partial charge in [-0.2, -0.15) is 0 Å². The zero-order valence-corrected chi connectivity index (χ0v) is 10.0. The number of methoxy groups -OCH3 is 2. The molecule has 0 aliphatic rings. The Morgan fingerprint density at radius 1 is 1.14 bits per heavy atom. The van der Waals surface area contributed by atoms with Gasteiger partial charge in [-0.15, -0.1) is 0 Å². The average Bonchev–Trinajstić information content (AvgIpc) is 2.20. The van der Waals surface area contributed by atoms with Crippen molar-refractivity contribution in [1.29, 1.82) is 0 Å². The van der Waals surface area contributed by atoms with Gasteiger partial charge in [0.1, 0.15) is 0 Å². The van der Waals surface area contributed by atoms with Crippen LogP contribution in [-0.2, 0) is 9.47 Å². The summed E-state index contributed by atoms with van der Waals surface area (Å²) in [6.45, 7) is 5.20. The van der Waals surface area contributed by atoms with E-state index in [9.17, 15) is 0 Å². The molecule has 14 heavy (non-hydrogen) atoms. The molecule has 1 unspecified atom stereocenters. The average molecular weight is 203 g/mol. The van der Waals surface area contributed by atoms with Crippen LogP contribution < -0.4 is 5.32 Å². The van der Waals surface area contributed by atoms with Gasteiger partial charge in [-0.05, 0) is 13.3 Å². The second-order valence-corrected chi connectivity index (χ2v) is 3.71. The van der Waals surface area contributed by atoms with E-state index in [1.54, 1.807) is 14.2 Å². The summed E-state index contributed by atoms with van der Waals surface area (Å²) in [5.41, 5.74) is 0. The lowest BCUT2D eigenvalue weighted by atomic mass is 10.1. The number of hydrogen-bond acceptors (Lipinski definition) is 3. The molecule has 0 aromatic carbocycles. The van der Waals surface area contributed by atoms with Crippen molar-refractivity contribution in [3.8, 4) is 0 Å². The predicted octanol–water partition coefficient (Wildman–Crippen LogP) is 2.16. The van der Waals surface area contributed by atoms with Gasteiger partial charge in [0.05, 0.1) is 0 Å². The van der Waals surface area contributed by atoms with Crippen molar-refractivity contribution in [3.63, 3.8) is 0 Å². The molecule has 3 nitrogen and oxygen atoms in total. The summed E-state index contributed by atoms with van der Waals surface area (Å²) in [5, 5.41) is 3.39. The Hall–Kier alpha value is -0.120. The van der Waals surface area contributed by atoms with Crippen LogP contribution >= 0.6 is 0 Å². The van der Waals surface area contributed by atoms with E-state index in [1.165, 1.54) is 25.7 Å². The first kappa shape index (κ1) is 13.9. The van der Waals surface area contributed by atoms with Gasteiger partial charge in [-0.3, -0.25) is 0 Å². The molecule has 3 heteroatoms. The predicted molar refractivity (Wildman–Crippen MR) is 59.4 cm³/mol. The molecular formula is C11H25NO2. The second kappa shape index (κ2) is 9.44. The molecule has 0 radical (unpaired) electrons. The highest BCUT2D eigenvalue weighted by atomic mass is 16.7. The number of ether oxygens (including phenoxy) is 2. The Morgan fingerprint density at radius 2 is 1.79 bits per heavy atom. The molecule has 1 atom stereocenters. The fraction of sp³-hybridized carbons (Fsp3) is 1.00. The smallest absolute Gasteiger partial charge is 0.169 e. The molecule has 0 aromatic heterocycles.